The second kappa shape index (κ2) is 5.16. The van der Waals surface area contributed by atoms with Crippen LogP contribution in [0.15, 0.2) is 29.3 Å². The number of rotatable bonds is 3. The van der Waals surface area contributed by atoms with Gasteiger partial charge in [0.25, 0.3) is 0 Å². The molecule has 1 aliphatic rings. The minimum Gasteiger partial charge on any atom is -0.426 e. The third-order valence-electron chi connectivity index (χ3n) is 2.22. The van der Waals surface area contributed by atoms with Gasteiger partial charge in [0.05, 0.1) is 0 Å². The highest BCUT2D eigenvalue weighted by Crippen LogP contribution is 2.27. The predicted octanol–water partition coefficient (Wildman–Crippen LogP) is 2.50. The summed E-state index contributed by atoms with van der Waals surface area (Å²) in [6.07, 6.45) is 0.383. The summed E-state index contributed by atoms with van der Waals surface area (Å²) in [5.41, 5.74) is 0.923. The van der Waals surface area contributed by atoms with Gasteiger partial charge in [-0.2, -0.15) is 0 Å². The van der Waals surface area contributed by atoms with Crippen LogP contribution in [-0.4, -0.2) is 23.3 Å². The molecule has 0 spiro atoms. The predicted molar refractivity (Wildman–Crippen MR) is 66.2 cm³/mol. The molecule has 16 heavy (non-hydrogen) atoms. The lowest BCUT2D eigenvalue weighted by Crippen LogP contribution is -2.08. The maximum absolute atomic E-state index is 11.3. The zero-order valence-corrected chi connectivity index (χ0v) is 9.92. The molecule has 3 nitrogen and oxygen atoms in total. The van der Waals surface area contributed by atoms with E-state index >= 15 is 0 Å². The quantitative estimate of drug-likeness (QED) is 0.597. The van der Waals surface area contributed by atoms with Crippen LogP contribution in [-0.2, 0) is 4.79 Å². The maximum atomic E-state index is 11.3. The fraction of sp³-hybridized carbons (Fsp3) is 0.333. The van der Waals surface area contributed by atoms with Gasteiger partial charge >= 0.3 is 5.97 Å². The van der Waals surface area contributed by atoms with Crippen molar-refractivity contribution in [1.29, 1.82) is 0 Å². The number of nitrogens with zero attached hydrogens (tertiary/aromatic N) is 1. The van der Waals surface area contributed by atoms with Gasteiger partial charge in [0, 0.05) is 24.3 Å². The van der Waals surface area contributed by atoms with Crippen LogP contribution in [0.4, 0.5) is 0 Å². The molecule has 1 heterocycles. The van der Waals surface area contributed by atoms with Crippen molar-refractivity contribution in [3.05, 3.63) is 29.8 Å². The van der Waals surface area contributed by atoms with Crippen LogP contribution in [0, 0.1) is 0 Å². The second-order valence-corrected chi connectivity index (χ2v) is 4.44. The normalized spacial score (nSPS) is 14.7. The van der Waals surface area contributed by atoms with E-state index in [1.807, 2.05) is 24.3 Å². The Morgan fingerprint density at radius 3 is 3.00 bits per heavy atom. The fourth-order valence-corrected chi connectivity index (χ4v) is 2.31. The zero-order valence-electron chi connectivity index (χ0n) is 9.10. The van der Waals surface area contributed by atoms with Crippen LogP contribution in [0.1, 0.15) is 18.9 Å². The topological polar surface area (TPSA) is 38.7 Å². The summed E-state index contributed by atoms with van der Waals surface area (Å²) in [6, 6.07) is 7.54. The molecule has 0 N–H and O–H groups in total. The number of hydrogen-bond donors (Lipinski definition) is 0. The Bertz CT molecular complexity index is 429. The molecule has 1 aliphatic heterocycles. The lowest BCUT2D eigenvalue weighted by Gasteiger charge is -2.08. The minimum atomic E-state index is -0.212. The first kappa shape index (κ1) is 11.2. The van der Waals surface area contributed by atoms with Gasteiger partial charge in [0.1, 0.15) is 10.8 Å². The van der Waals surface area contributed by atoms with Crippen LogP contribution in [0.2, 0.25) is 0 Å². The Morgan fingerprint density at radius 1 is 1.50 bits per heavy atom. The standard InChI is InChI=1S/C12H13NO2S/c1-2-11(14)15-10-6-4-3-5-9(10)12-13-7-8-16-12/h3-6H,2,7-8H2,1H3. The van der Waals surface area contributed by atoms with Crippen molar-refractivity contribution in [3.8, 4) is 5.75 Å². The van der Waals surface area contributed by atoms with E-state index in [0.717, 1.165) is 22.9 Å². The van der Waals surface area contributed by atoms with E-state index in [4.69, 9.17) is 4.74 Å². The fourth-order valence-electron chi connectivity index (χ4n) is 1.43. The van der Waals surface area contributed by atoms with Gasteiger partial charge in [0.2, 0.25) is 0 Å². The van der Waals surface area contributed by atoms with Gasteiger partial charge in [-0.25, -0.2) is 0 Å². The number of aliphatic imine (C=N–C) groups is 1. The van der Waals surface area contributed by atoms with E-state index in [9.17, 15) is 4.79 Å². The number of carbonyl (C=O) groups is 1. The first-order valence-electron chi connectivity index (χ1n) is 5.28. The smallest absolute Gasteiger partial charge is 0.310 e. The summed E-state index contributed by atoms with van der Waals surface area (Å²) < 4.78 is 5.27. The van der Waals surface area contributed by atoms with Gasteiger partial charge in [0.15, 0.2) is 0 Å². The van der Waals surface area contributed by atoms with Crippen molar-refractivity contribution in [2.24, 2.45) is 4.99 Å². The number of benzene rings is 1. The molecule has 0 saturated carbocycles. The van der Waals surface area contributed by atoms with Crippen molar-refractivity contribution in [2.75, 3.05) is 12.3 Å². The third kappa shape index (κ3) is 2.44. The van der Waals surface area contributed by atoms with E-state index in [-0.39, 0.29) is 5.97 Å². The summed E-state index contributed by atoms with van der Waals surface area (Å²) in [4.78, 5) is 15.7. The second-order valence-electron chi connectivity index (χ2n) is 3.36. The Kier molecular flexibility index (Phi) is 3.62. The molecule has 1 aromatic rings. The molecule has 0 radical (unpaired) electrons. The van der Waals surface area contributed by atoms with Crippen LogP contribution >= 0.6 is 11.8 Å². The summed E-state index contributed by atoms with van der Waals surface area (Å²) >= 11 is 1.70. The minimum absolute atomic E-state index is 0.212. The molecule has 0 aromatic heterocycles. The van der Waals surface area contributed by atoms with Gasteiger partial charge in [-0.3, -0.25) is 9.79 Å². The van der Waals surface area contributed by atoms with Gasteiger partial charge in [-0.1, -0.05) is 19.1 Å². The average Bonchev–Trinajstić information content (AvgIpc) is 2.83. The summed E-state index contributed by atoms with van der Waals surface area (Å²) in [6.45, 7) is 2.63. The third-order valence-corrected chi connectivity index (χ3v) is 3.22. The molecule has 0 atom stereocenters. The van der Waals surface area contributed by atoms with Crippen LogP contribution in [0.3, 0.4) is 0 Å². The SMILES string of the molecule is CCC(=O)Oc1ccccc1C1=NCCS1. The van der Waals surface area contributed by atoms with Gasteiger partial charge in [-0.05, 0) is 12.1 Å². The molecule has 0 aliphatic carbocycles. The lowest BCUT2D eigenvalue weighted by molar-refractivity contribution is -0.134. The van der Waals surface area contributed by atoms with E-state index in [0.29, 0.717) is 12.2 Å². The number of carbonyl (C=O) groups excluding carboxylic acids is 1. The number of ether oxygens (including phenoxy) is 1. The number of thioether (sulfide) groups is 1. The summed E-state index contributed by atoms with van der Waals surface area (Å²) in [7, 11) is 0. The molecule has 0 fully saturated rings. The maximum Gasteiger partial charge on any atom is 0.310 e. The van der Waals surface area contributed by atoms with E-state index in [1.54, 1.807) is 18.7 Å². The highest BCUT2D eigenvalue weighted by molar-refractivity contribution is 8.14. The van der Waals surface area contributed by atoms with Gasteiger partial charge in [-0.15, -0.1) is 11.8 Å². The van der Waals surface area contributed by atoms with Crippen molar-refractivity contribution < 1.29 is 9.53 Å². The molecule has 4 heteroatoms. The summed E-state index contributed by atoms with van der Waals surface area (Å²) in [5.74, 6) is 1.41. The Morgan fingerprint density at radius 2 is 2.31 bits per heavy atom. The largest absolute Gasteiger partial charge is 0.426 e. The van der Waals surface area contributed by atoms with Crippen molar-refractivity contribution in [2.45, 2.75) is 13.3 Å². The molecular formula is C12H13NO2S. The molecule has 0 unspecified atom stereocenters. The highest BCUT2D eigenvalue weighted by Gasteiger charge is 2.15. The Hall–Kier alpha value is -1.29. The zero-order chi connectivity index (χ0) is 11.4. The Labute approximate surface area is 98.9 Å². The van der Waals surface area contributed by atoms with Crippen molar-refractivity contribution >= 4 is 22.8 Å². The van der Waals surface area contributed by atoms with Crippen LogP contribution in [0.25, 0.3) is 0 Å². The monoisotopic (exact) mass is 235 g/mol. The highest BCUT2D eigenvalue weighted by atomic mass is 32.2. The molecule has 2 rings (SSSR count). The van der Waals surface area contributed by atoms with Crippen LogP contribution in [0.5, 0.6) is 5.75 Å². The first-order valence-corrected chi connectivity index (χ1v) is 6.27. The van der Waals surface area contributed by atoms with Crippen LogP contribution < -0.4 is 4.74 Å². The summed E-state index contributed by atoms with van der Waals surface area (Å²) in [5, 5.41) is 0.972. The molecule has 84 valence electrons. The number of esters is 1. The van der Waals surface area contributed by atoms with E-state index in [2.05, 4.69) is 4.99 Å². The van der Waals surface area contributed by atoms with Crippen molar-refractivity contribution in [1.82, 2.24) is 0 Å². The van der Waals surface area contributed by atoms with E-state index < -0.39 is 0 Å². The first-order chi connectivity index (χ1) is 7.81. The number of para-hydroxylation sites is 1. The van der Waals surface area contributed by atoms with Crippen molar-refractivity contribution in [3.63, 3.8) is 0 Å². The molecule has 0 amide bonds. The molecule has 0 saturated heterocycles. The molecule has 1 aromatic carbocycles. The molecule has 0 bridgehead atoms. The Balaban J connectivity index is 2.26. The number of hydrogen-bond acceptors (Lipinski definition) is 4. The van der Waals surface area contributed by atoms with Gasteiger partial charge < -0.3 is 4.74 Å². The van der Waals surface area contributed by atoms with E-state index in [1.165, 1.54) is 0 Å². The lowest BCUT2D eigenvalue weighted by atomic mass is 10.2. The average molecular weight is 235 g/mol. The molecular weight excluding hydrogens is 222 g/mol.